The van der Waals surface area contributed by atoms with Crippen molar-refractivity contribution < 1.29 is 9.53 Å². The predicted octanol–water partition coefficient (Wildman–Crippen LogP) is 3.88. The van der Waals surface area contributed by atoms with E-state index in [0.29, 0.717) is 16.7 Å². The Balaban J connectivity index is 2.46. The Morgan fingerprint density at radius 2 is 2.06 bits per heavy atom. The van der Waals surface area contributed by atoms with E-state index >= 15 is 0 Å². The first-order valence-electron chi connectivity index (χ1n) is 5.23. The highest BCUT2D eigenvalue weighted by molar-refractivity contribution is 6.42. The SMILES string of the molecule is CCCCOC(=O)Cc1ccc(Cl)c(Cl)c1. The lowest BCUT2D eigenvalue weighted by atomic mass is 10.1. The van der Waals surface area contributed by atoms with Gasteiger partial charge in [-0.15, -0.1) is 0 Å². The molecule has 0 unspecified atom stereocenters. The molecule has 88 valence electrons. The summed E-state index contributed by atoms with van der Waals surface area (Å²) in [5.41, 5.74) is 0.816. The molecule has 0 aromatic heterocycles. The molecule has 0 atom stereocenters. The lowest BCUT2D eigenvalue weighted by molar-refractivity contribution is -0.142. The van der Waals surface area contributed by atoms with Crippen molar-refractivity contribution in [3.8, 4) is 0 Å². The number of hydrogen-bond acceptors (Lipinski definition) is 2. The van der Waals surface area contributed by atoms with Crippen LogP contribution in [0.3, 0.4) is 0 Å². The minimum absolute atomic E-state index is 0.230. The van der Waals surface area contributed by atoms with Crippen LogP contribution >= 0.6 is 23.2 Å². The highest BCUT2D eigenvalue weighted by Gasteiger charge is 2.06. The van der Waals surface area contributed by atoms with Gasteiger partial charge in [0.25, 0.3) is 0 Å². The summed E-state index contributed by atoms with van der Waals surface area (Å²) >= 11 is 11.6. The zero-order chi connectivity index (χ0) is 12.0. The van der Waals surface area contributed by atoms with E-state index in [2.05, 4.69) is 0 Å². The highest BCUT2D eigenvalue weighted by Crippen LogP contribution is 2.22. The van der Waals surface area contributed by atoms with Gasteiger partial charge in [0.05, 0.1) is 23.1 Å². The second kappa shape index (κ2) is 6.77. The molecule has 0 bridgehead atoms. The van der Waals surface area contributed by atoms with Gasteiger partial charge in [-0.2, -0.15) is 0 Å². The van der Waals surface area contributed by atoms with Crippen molar-refractivity contribution in [2.24, 2.45) is 0 Å². The molecular weight excluding hydrogens is 247 g/mol. The molecule has 0 aliphatic carbocycles. The second-order valence-corrected chi connectivity index (χ2v) is 4.31. The molecule has 0 amide bonds. The summed E-state index contributed by atoms with van der Waals surface area (Å²) in [5.74, 6) is -0.230. The van der Waals surface area contributed by atoms with Gasteiger partial charge in [0, 0.05) is 0 Å². The molecule has 4 heteroatoms. The number of esters is 1. The Labute approximate surface area is 106 Å². The van der Waals surface area contributed by atoms with Gasteiger partial charge < -0.3 is 4.74 Å². The van der Waals surface area contributed by atoms with E-state index in [-0.39, 0.29) is 12.4 Å². The second-order valence-electron chi connectivity index (χ2n) is 3.50. The first kappa shape index (κ1) is 13.3. The summed E-state index contributed by atoms with van der Waals surface area (Å²) in [5, 5.41) is 0.949. The molecule has 0 aliphatic heterocycles. The van der Waals surface area contributed by atoms with Crippen LogP contribution in [0.5, 0.6) is 0 Å². The van der Waals surface area contributed by atoms with Crippen molar-refractivity contribution in [3.63, 3.8) is 0 Å². The average molecular weight is 261 g/mol. The van der Waals surface area contributed by atoms with Gasteiger partial charge >= 0.3 is 5.97 Å². The van der Waals surface area contributed by atoms with E-state index in [1.54, 1.807) is 18.2 Å². The minimum Gasteiger partial charge on any atom is -0.465 e. The molecule has 1 rings (SSSR count). The van der Waals surface area contributed by atoms with Crippen molar-refractivity contribution in [1.29, 1.82) is 0 Å². The number of rotatable bonds is 5. The molecular formula is C12H14Cl2O2. The summed E-state index contributed by atoms with van der Waals surface area (Å²) in [4.78, 5) is 11.4. The van der Waals surface area contributed by atoms with Crippen molar-refractivity contribution in [1.82, 2.24) is 0 Å². The van der Waals surface area contributed by atoms with Crippen LogP contribution in [0, 0.1) is 0 Å². The van der Waals surface area contributed by atoms with Crippen LogP contribution in [-0.2, 0) is 16.0 Å². The van der Waals surface area contributed by atoms with E-state index in [1.807, 2.05) is 6.92 Å². The van der Waals surface area contributed by atoms with Crippen LogP contribution in [0.15, 0.2) is 18.2 Å². The largest absolute Gasteiger partial charge is 0.465 e. The summed E-state index contributed by atoms with van der Waals surface area (Å²) in [6, 6.07) is 5.14. The van der Waals surface area contributed by atoms with E-state index in [1.165, 1.54) is 0 Å². The van der Waals surface area contributed by atoms with Gasteiger partial charge in [-0.05, 0) is 24.1 Å². The lowest BCUT2D eigenvalue weighted by Crippen LogP contribution is -2.08. The Hall–Kier alpha value is -0.730. The van der Waals surface area contributed by atoms with Gasteiger partial charge in [0.1, 0.15) is 0 Å². The van der Waals surface area contributed by atoms with E-state index in [9.17, 15) is 4.79 Å². The maximum absolute atomic E-state index is 11.4. The molecule has 0 radical (unpaired) electrons. The Kier molecular flexibility index (Phi) is 5.64. The van der Waals surface area contributed by atoms with Gasteiger partial charge in [0.2, 0.25) is 0 Å². The van der Waals surface area contributed by atoms with E-state index < -0.39 is 0 Å². The summed E-state index contributed by atoms with van der Waals surface area (Å²) in [7, 11) is 0. The molecule has 1 aromatic carbocycles. The predicted molar refractivity (Wildman–Crippen MR) is 66.0 cm³/mol. The number of carbonyl (C=O) groups excluding carboxylic acids is 1. The Morgan fingerprint density at radius 1 is 1.31 bits per heavy atom. The molecule has 0 fully saturated rings. The van der Waals surface area contributed by atoms with Crippen molar-refractivity contribution in [2.75, 3.05) is 6.61 Å². The van der Waals surface area contributed by atoms with Gasteiger partial charge in [-0.25, -0.2) is 0 Å². The summed E-state index contributed by atoms with van der Waals surface area (Å²) < 4.78 is 5.04. The zero-order valence-electron chi connectivity index (χ0n) is 9.13. The van der Waals surface area contributed by atoms with Crippen LogP contribution < -0.4 is 0 Å². The summed E-state index contributed by atoms with van der Waals surface area (Å²) in [6.07, 6.45) is 2.15. The van der Waals surface area contributed by atoms with Crippen LogP contribution in [-0.4, -0.2) is 12.6 Å². The number of halogens is 2. The fourth-order valence-electron chi connectivity index (χ4n) is 1.20. The molecule has 0 spiro atoms. The molecule has 0 aliphatic rings. The van der Waals surface area contributed by atoms with Gasteiger partial charge in [0.15, 0.2) is 0 Å². The van der Waals surface area contributed by atoms with Crippen molar-refractivity contribution >= 4 is 29.2 Å². The van der Waals surface area contributed by atoms with Gasteiger partial charge in [-0.1, -0.05) is 42.6 Å². The maximum atomic E-state index is 11.4. The molecule has 0 heterocycles. The smallest absolute Gasteiger partial charge is 0.310 e. The Morgan fingerprint density at radius 3 is 2.69 bits per heavy atom. The monoisotopic (exact) mass is 260 g/mol. The molecule has 1 aromatic rings. The minimum atomic E-state index is -0.230. The summed E-state index contributed by atoms with van der Waals surface area (Å²) in [6.45, 7) is 2.53. The van der Waals surface area contributed by atoms with Crippen molar-refractivity contribution in [3.05, 3.63) is 33.8 Å². The van der Waals surface area contributed by atoms with Crippen LogP contribution in [0.4, 0.5) is 0 Å². The lowest BCUT2D eigenvalue weighted by Gasteiger charge is -2.04. The number of benzene rings is 1. The third-order valence-electron chi connectivity index (χ3n) is 2.09. The molecule has 0 saturated heterocycles. The third-order valence-corrected chi connectivity index (χ3v) is 2.83. The zero-order valence-corrected chi connectivity index (χ0v) is 10.6. The van der Waals surface area contributed by atoms with Gasteiger partial charge in [-0.3, -0.25) is 4.79 Å². The number of carbonyl (C=O) groups is 1. The van der Waals surface area contributed by atoms with Crippen LogP contribution in [0.25, 0.3) is 0 Å². The topological polar surface area (TPSA) is 26.3 Å². The standard InChI is InChI=1S/C12H14Cl2O2/c1-2-3-6-16-12(15)8-9-4-5-10(13)11(14)7-9/h4-5,7H,2-3,6,8H2,1H3. The third kappa shape index (κ3) is 4.42. The molecule has 0 saturated carbocycles. The fourth-order valence-corrected chi connectivity index (χ4v) is 1.52. The number of hydrogen-bond donors (Lipinski definition) is 0. The Bertz CT molecular complexity index is 364. The first-order valence-corrected chi connectivity index (χ1v) is 5.98. The molecule has 16 heavy (non-hydrogen) atoms. The van der Waals surface area contributed by atoms with Crippen LogP contribution in [0.1, 0.15) is 25.3 Å². The molecule has 2 nitrogen and oxygen atoms in total. The van der Waals surface area contributed by atoms with E-state index in [4.69, 9.17) is 27.9 Å². The van der Waals surface area contributed by atoms with Crippen LogP contribution in [0.2, 0.25) is 10.0 Å². The fraction of sp³-hybridized carbons (Fsp3) is 0.417. The van der Waals surface area contributed by atoms with E-state index in [0.717, 1.165) is 18.4 Å². The first-order chi connectivity index (χ1) is 7.63. The normalized spacial score (nSPS) is 10.2. The number of unbranched alkanes of at least 4 members (excludes halogenated alkanes) is 1. The highest BCUT2D eigenvalue weighted by atomic mass is 35.5. The quantitative estimate of drug-likeness (QED) is 0.594. The maximum Gasteiger partial charge on any atom is 0.310 e. The van der Waals surface area contributed by atoms with Crippen molar-refractivity contribution in [2.45, 2.75) is 26.2 Å². The molecule has 0 N–H and O–H groups in total. The number of ether oxygens (including phenoxy) is 1. The average Bonchev–Trinajstić information content (AvgIpc) is 2.24.